The van der Waals surface area contributed by atoms with Crippen molar-refractivity contribution in [2.75, 3.05) is 0 Å². The number of aryl methyl sites for hydroxylation is 2. The molecule has 1 heterocycles. The first-order chi connectivity index (χ1) is 13.4. The first kappa shape index (κ1) is 18.9. The molecule has 0 aromatic heterocycles. The summed E-state index contributed by atoms with van der Waals surface area (Å²) >= 11 is 0. The Kier molecular flexibility index (Phi) is 5.05. The fourth-order valence-corrected chi connectivity index (χ4v) is 4.26. The first-order valence-corrected chi connectivity index (χ1v) is 10.3. The number of amides is 1. The van der Waals surface area contributed by atoms with Crippen molar-refractivity contribution in [1.29, 1.82) is 0 Å². The van der Waals surface area contributed by atoms with Crippen molar-refractivity contribution in [1.82, 2.24) is 5.32 Å². The third-order valence-electron chi connectivity index (χ3n) is 5.69. The molecule has 0 saturated heterocycles. The second-order valence-electron chi connectivity index (χ2n) is 8.56. The number of carbonyl (C=O) groups is 1. The van der Waals surface area contributed by atoms with Gasteiger partial charge in [-0.05, 0) is 75.8 Å². The van der Waals surface area contributed by atoms with E-state index in [1.165, 1.54) is 24.0 Å². The summed E-state index contributed by atoms with van der Waals surface area (Å²) < 4.78 is 12.0. The fraction of sp³-hybridized carbons (Fsp3) is 0.458. The Morgan fingerprint density at radius 1 is 1.14 bits per heavy atom. The largest absolute Gasteiger partial charge is 0.487 e. The van der Waals surface area contributed by atoms with Crippen LogP contribution in [0, 0.1) is 0 Å². The molecule has 0 saturated carbocycles. The van der Waals surface area contributed by atoms with Crippen molar-refractivity contribution in [2.24, 2.45) is 0 Å². The van der Waals surface area contributed by atoms with E-state index < -0.39 is 6.10 Å². The number of para-hydroxylation sites is 1. The third kappa shape index (κ3) is 4.01. The molecule has 0 spiro atoms. The number of fused-ring (bicyclic) bond motifs is 2. The van der Waals surface area contributed by atoms with Gasteiger partial charge >= 0.3 is 0 Å². The van der Waals surface area contributed by atoms with Crippen molar-refractivity contribution in [3.05, 3.63) is 59.2 Å². The molecule has 0 unspecified atom stereocenters. The van der Waals surface area contributed by atoms with Crippen LogP contribution in [0.25, 0.3) is 0 Å². The van der Waals surface area contributed by atoms with Crippen LogP contribution in [0.1, 0.15) is 62.8 Å². The summed E-state index contributed by atoms with van der Waals surface area (Å²) in [6.45, 7) is 5.91. The molecule has 4 rings (SSSR count). The van der Waals surface area contributed by atoms with Gasteiger partial charge in [0.2, 0.25) is 0 Å². The molecule has 2 aromatic rings. The van der Waals surface area contributed by atoms with Gasteiger partial charge in [-0.1, -0.05) is 24.3 Å². The van der Waals surface area contributed by atoms with E-state index in [4.69, 9.17) is 9.47 Å². The van der Waals surface area contributed by atoms with E-state index in [1.807, 2.05) is 37.3 Å². The Hall–Kier alpha value is -2.49. The number of nitrogens with one attached hydrogen (secondary N) is 1. The highest BCUT2D eigenvalue weighted by Crippen LogP contribution is 2.39. The Balaban J connectivity index is 1.45. The molecule has 4 heteroatoms. The molecule has 2 aliphatic rings. The topological polar surface area (TPSA) is 47.6 Å². The van der Waals surface area contributed by atoms with Gasteiger partial charge in [0.1, 0.15) is 17.1 Å². The summed E-state index contributed by atoms with van der Waals surface area (Å²) in [4.78, 5) is 12.8. The molecule has 1 aliphatic carbocycles. The first-order valence-electron chi connectivity index (χ1n) is 10.3. The normalized spacial score (nSPS) is 20.9. The van der Waals surface area contributed by atoms with E-state index in [2.05, 4.69) is 31.3 Å². The molecule has 4 nitrogen and oxygen atoms in total. The molecule has 0 fully saturated rings. The van der Waals surface area contributed by atoms with Gasteiger partial charge in [-0.15, -0.1) is 0 Å². The second-order valence-corrected chi connectivity index (χ2v) is 8.56. The third-order valence-corrected chi connectivity index (χ3v) is 5.69. The summed E-state index contributed by atoms with van der Waals surface area (Å²) in [5, 5.41) is 3.17. The number of hydrogen-bond donors (Lipinski definition) is 1. The number of rotatable bonds is 4. The smallest absolute Gasteiger partial charge is 0.261 e. The highest BCUT2D eigenvalue weighted by Gasteiger charge is 2.35. The minimum atomic E-state index is -0.556. The molecule has 148 valence electrons. The Morgan fingerprint density at radius 3 is 2.71 bits per heavy atom. The number of ether oxygens (including phenoxy) is 2. The summed E-state index contributed by atoms with van der Waals surface area (Å²) in [5.74, 6) is 1.51. The van der Waals surface area contributed by atoms with E-state index >= 15 is 0 Å². The van der Waals surface area contributed by atoms with E-state index in [9.17, 15) is 4.79 Å². The summed E-state index contributed by atoms with van der Waals surface area (Å²) in [5.41, 5.74) is 3.47. The minimum absolute atomic E-state index is 0.0815. The maximum atomic E-state index is 12.8. The zero-order valence-electron chi connectivity index (χ0n) is 17.0. The minimum Gasteiger partial charge on any atom is -0.487 e. The van der Waals surface area contributed by atoms with Gasteiger partial charge in [-0.25, -0.2) is 0 Å². The van der Waals surface area contributed by atoms with E-state index in [0.717, 1.165) is 36.3 Å². The molecule has 28 heavy (non-hydrogen) atoms. The highest BCUT2D eigenvalue weighted by atomic mass is 16.5. The van der Waals surface area contributed by atoms with Crippen LogP contribution in [0.3, 0.4) is 0 Å². The van der Waals surface area contributed by atoms with E-state index in [-0.39, 0.29) is 17.6 Å². The van der Waals surface area contributed by atoms with Gasteiger partial charge in [-0.3, -0.25) is 4.79 Å². The monoisotopic (exact) mass is 379 g/mol. The molecule has 2 aromatic carbocycles. The van der Waals surface area contributed by atoms with Crippen molar-refractivity contribution >= 4 is 5.91 Å². The van der Waals surface area contributed by atoms with Crippen LogP contribution in [0.15, 0.2) is 42.5 Å². The Labute approximate surface area is 167 Å². The van der Waals surface area contributed by atoms with Crippen LogP contribution in [0.2, 0.25) is 0 Å². The quantitative estimate of drug-likeness (QED) is 0.834. The summed E-state index contributed by atoms with van der Waals surface area (Å²) in [7, 11) is 0. The van der Waals surface area contributed by atoms with Crippen LogP contribution < -0.4 is 14.8 Å². The maximum Gasteiger partial charge on any atom is 0.261 e. The summed E-state index contributed by atoms with van der Waals surface area (Å²) in [6.07, 6.45) is 4.90. The predicted molar refractivity (Wildman–Crippen MR) is 110 cm³/mol. The molecule has 1 N–H and O–H groups in total. The van der Waals surface area contributed by atoms with Crippen LogP contribution >= 0.6 is 0 Å². The van der Waals surface area contributed by atoms with Gasteiger partial charge < -0.3 is 14.8 Å². The van der Waals surface area contributed by atoms with Crippen molar-refractivity contribution < 1.29 is 14.3 Å². The van der Waals surface area contributed by atoms with Crippen molar-refractivity contribution in [3.63, 3.8) is 0 Å². The molecule has 1 amide bonds. The maximum absolute atomic E-state index is 12.8. The molecule has 0 radical (unpaired) electrons. The molecular formula is C24H29NO3. The van der Waals surface area contributed by atoms with Gasteiger partial charge in [0, 0.05) is 12.0 Å². The molecule has 2 atom stereocenters. The molecule has 0 bridgehead atoms. The second kappa shape index (κ2) is 7.50. The van der Waals surface area contributed by atoms with Gasteiger partial charge in [0.15, 0.2) is 6.10 Å². The van der Waals surface area contributed by atoms with Crippen LogP contribution in [0.4, 0.5) is 0 Å². The van der Waals surface area contributed by atoms with Gasteiger partial charge in [0.05, 0.1) is 6.04 Å². The van der Waals surface area contributed by atoms with E-state index in [1.54, 1.807) is 0 Å². The average Bonchev–Trinajstić information content (AvgIpc) is 2.67. The zero-order chi connectivity index (χ0) is 19.7. The average molecular weight is 380 g/mol. The van der Waals surface area contributed by atoms with Crippen molar-refractivity contribution in [2.45, 2.75) is 70.6 Å². The van der Waals surface area contributed by atoms with Gasteiger partial charge in [0.25, 0.3) is 5.91 Å². The summed E-state index contributed by atoms with van der Waals surface area (Å²) in [6, 6.07) is 14.1. The molecule has 1 aliphatic heterocycles. The van der Waals surface area contributed by atoms with Crippen molar-refractivity contribution in [3.8, 4) is 11.5 Å². The standard InChI is InChI=1S/C24H29NO3/c1-16(27-19-13-12-17-8-4-5-9-18(17)14-19)23(26)25-21-15-24(2,3)28-22-11-7-6-10-20(21)22/h6-7,10-14,16,21H,4-5,8-9,15H2,1-3H3,(H,25,26)/t16-,21-/m1/s1. The Morgan fingerprint density at radius 2 is 1.89 bits per heavy atom. The fourth-order valence-electron chi connectivity index (χ4n) is 4.26. The lowest BCUT2D eigenvalue weighted by molar-refractivity contribution is -0.128. The highest BCUT2D eigenvalue weighted by molar-refractivity contribution is 5.81. The number of hydrogen-bond acceptors (Lipinski definition) is 3. The number of benzene rings is 2. The van der Waals surface area contributed by atoms with Crippen LogP contribution in [-0.2, 0) is 17.6 Å². The lowest BCUT2D eigenvalue weighted by Gasteiger charge is -2.38. The zero-order valence-corrected chi connectivity index (χ0v) is 17.0. The van der Waals surface area contributed by atoms with Crippen LogP contribution in [0.5, 0.6) is 11.5 Å². The number of carbonyl (C=O) groups excluding carboxylic acids is 1. The predicted octanol–water partition coefficient (Wildman–Crippen LogP) is 4.75. The lowest BCUT2D eigenvalue weighted by atomic mass is 9.89. The van der Waals surface area contributed by atoms with E-state index in [0.29, 0.717) is 0 Å². The van der Waals surface area contributed by atoms with Gasteiger partial charge in [-0.2, -0.15) is 0 Å². The van der Waals surface area contributed by atoms with Crippen LogP contribution in [-0.4, -0.2) is 17.6 Å². The molecular weight excluding hydrogens is 350 g/mol. The SMILES string of the molecule is C[C@@H](Oc1ccc2c(c1)CCCC2)C(=O)N[C@@H]1CC(C)(C)Oc2ccccc21. The Bertz CT molecular complexity index is 874. The lowest BCUT2D eigenvalue weighted by Crippen LogP contribution is -2.44.